The molecular formula is C26H34N2. The zero-order valence-electron chi connectivity index (χ0n) is 18.9. The van der Waals surface area contributed by atoms with Crippen molar-refractivity contribution in [3.63, 3.8) is 0 Å². The van der Waals surface area contributed by atoms with Crippen molar-refractivity contribution in [2.75, 3.05) is 0 Å². The molecule has 0 bridgehead atoms. The van der Waals surface area contributed by atoms with Gasteiger partial charge >= 0.3 is 0 Å². The SMILES string of the molecule is Cc1cc(C)c(/C(=C2/C=CC(C(C)(C)C)=N2)c2ccc(C(C)(C)C)[nH]2)c(C)c1. The van der Waals surface area contributed by atoms with Crippen LogP contribution >= 0.6 is 0 Å². The van der Waals surface area contributed by atoms with E-state index in [0.29, 0.717) is 0 Å². The number of nitrogens with zero attached hydrogens (tertiary/aromatic N) is 1. The molecule has 1 N–H and O–H groups in total. The summed E-state index contributed by atoms with van der Waals surface area (Å²) in [6.07, 6.45) is 4.34. The first kappa shape index (κ1) is 20.4. The molecule has 0 aliphatic carbocycles. The molecule has 1 aromatic carbocycles. The fraction of sp³-hybridized carbons (Fsp3) is 0.423. The fourth-order valence-corrected chi connectivity index (χ4v) is 3.87. The second-order valence-electron chi connectivity index (χ2n) is 10.2. The lowest BCUT2D eigenvalue weighted by molar-refractivity contribution is 0.572. The van der Waals surface area contributed by atoms with Gasteiger partial charge < -0.3 is 4.98 Å². The van der Waals surface area contributed by atoms with Gasteiger partial charge in [-0.05, 0) is 61.7 Å². The molecule has 148 valence electrons. The van der Waals surface area contributed by atoms with Crippen LogP contribution < -0.4 is 0 Å². The van der Waals surface area contributed by atoms with E-state index in [9.17, 15) is 0 Å². The van der Waals surface area contributed by atoms with E-state index < -0.39 is 0 Å². The summed E-state index contributed by atoms with van der Waals surface area (Å²) in [5.41, 5.74) is 11.0. The molecule has 1 aliphatic rings. The summed E-state index contributed by atoms with van der Waals surface area (Å²) in [5.74, 6) is 0. The molecule has 0 atom stereocenters. The van der Waals surface area contributed by atoms with Gasteiger partial charge in [0.1, 0.15) is 0 Å². The van der Waals surface area contributed by atoms with Crippen molar-refractivity contribution < 1.29 is 0 Å². The smallest absolute Gasteiger partial charge is 0.0733 e. The molecule has 2 nitrogen and oxygen atoms in total. The van der Waals surface area contributed by atoms with E-state index in [1.165, 1.54) is 33.5 Å². The zero-order chi connectivity index (χ0) is 20.9. The first-order chi connectivity index (χ1) is 12.9. The van der Waals surface area contributed by atoms with E-state index in [2.05, 4.69) is 104 Å². The Kier molecular flexibility index (Phi) is 5.04. The number of aryl methyl sites for hydroxylation is 3. The second kappa shape index (κ2) is 6.92. The molecule has 0 unspecified atom stereocenters. The highest BCUT2D eigenvalue weighted by molar-refractivity contribution is 6.04. The highest BCUT2D eigenvalue weighted by Gasteiger charge is 2.25. The number of rotatable bonds is 2. The minimum absolute atomic E-state index is 0.0348. The molecule has 2 aromatic rings. The molecule has 0 radical (unpaired) electrons. The summed E-state index contributed by atoms with van der Waals surface area (Å²) in [4.78, 5) is 8.74. The Labute approximate surface area is 170 Å². The number of allylic oxidation sites excluding steroid dienone is 2. The lowest BCUT2D eigenvalue weighted by atomic mass is 9.90. The maximum atomic E-state index is 5.05. The number of benzene rings is 1. The number of hydrogen-bond acceptors (Lipinski definition) is 1. The third-order valence-electron chi connectivity index (χ3n) is 5.35. The summed E-state index contributed by atoms with van der Waals surface area (Å²) in [7, 11) is 0. The standard InChI is InChI=1S/C26H34N2/c1-16-14-17(2)23(18(3)15-16)24(19-10-12-21(27-19)25(4,5)6)20-11-13-22(28-20)26(7,8)9/h10-15,27H,1-9H3/b24-20-. The van der Waals surface area contributed by atoms with E-state index in [0.717, 1.165) is 17.1 Å². The highest BCUT2D eigenvalue weighted by Crippen LogP contribution is 2.37. The summed E-state index contributed by atoms with van der Waals surface area (Å²) in [6, 6.07) is 8.95. The number of aliphatic imine (C=N–C) groups is 1. The predicted octanol–water partition coefficient (Wildman–Crippen LogP) is 7.05. The van der Waals surface area contributed by atoms with Gasteiger partial charge in [-0.2, -0.15) is 0 Å². The monoisotopic (exact) mass is 374 g/mol. The molecule has 0 amide bonds. The number of aromatic nitrogens is 1. The maximum Gasteiger partial charge on any atom is 0.0733 e. The molecule has 0 fully saturated rings. The van der Waals surface area contributed by atoms with Gasteiger partial charge in [0.2, 0.25) is 0 Å². The van der Waals surface area contributed by atoms with Crippen LogP contribution in [0.25, 0.3) is 5.57 Å². The van der Waals surface area contributed by atoms with Crippen molar-refractivity contribution in [2.24, 2.45) is 10.4 Å². The number of hydrogen-bond donors (Lipinski definition) is 1. The first-order valence-corrected chi connectivity index (χ1v) is 10.2. The Morgan fingerprint density at radius 3 is 1.89 bits per heavy atom. The van der Waals surface area contributed by atoms with Gasteiger partial charge in [-0.25, -0.2) is 0 Å². The van der Waals surface area contributed by atoms with Gasteiger partial charge in [-0.1, -0.05) is 59.2 Å². The second-order valence-corrected chi connectivity index (χ2v) is 10.2. The summed E-state index contributed by atoms with van der Waals surface area (Å²) in [5, 5.41) is 0. The van der Waals surface area contributed by atoms with Crippen molar-refractivity contribution in [3.8, 4) is 0 Å². The van der Waals surface area contributed by atoms with Gasteiger partial charge in [0, 0.05) is 33.5 Å². The lowest BCUT2D eigenvalue weighted by Crippen LogP contribution is -2.16. The Hall–Kier alpha value is -2.35. The van der Waals surface area contributed by atoms with Crippen LogP contribution in [0.2, 0.25) is 0 Å². The van der Waals surface area contributed by atoms with E-state index in [1.807, 2.05) is 0 Å². The quantitative estimate of drug-likeness (QED) is 0.583. The van der Waals surface area contributed by atoms with Gasteiger partial charge in [0.15, 0.2) is 0 Å². The summed E-state index contributed by atoms with van der Waals surface area (Å²) < 4.78 is 0. The molecular weight excluding hydrogens is 340 g/mol. The molecule has 1 aliphatic heterocycles. The maximum absolute atomic E-state index is 5.05. The van der Waals surface area contributed by atoms with Gasteiger partial charge in [0.05, 0.1) is 5.70 Å². The van der Waals surface area contributed by atoms with Crippen LogP contribution in [0, 0.1) is 26.2 Å². The van der Waals surface area contributed by atoms with Crippen LogP contribution in [0.1, 0.15) is 75.2 Å². The van der Waals surface area contributed by atoms with E-state index in [1.54, 1.807) is 0 Å². The third-order valence-corrected chi connectivity index (χ3v) is 5.35. The van der Waals surface area contributed by atoms with E-state index >= 15 is 0 Å². The minimum Gasteiger partial charge on any atom is -0.358 e. The summed E-state index contributed by atoms with van der Waals surface area (Å²) >= 11 is 0. The summed E-state index contributed by atoms with van der Waals surface area (Å²) in [6.45, 7) is 19.9. The van der Waals surface area contributed by atoms with Crippen molar-refractivity contribution in [3.05, 3.63) is 75.8 Å². The Bertz CT molecular complexity index is 973. The predicted molar refractivity (Wildman–Crippen MR) is 122 cm³/mol. The zero-order valence-corrected chi connectivity index (χ0v) is 18.9. The van der Waals surface area contributed by atoms with Crippen molar-refractivity contribution in [1.82, 2.24) is 4.98 Å². The molecule has 1 aromatic heterocycles. The van der Waals surface area contributed by atoms with Gasteiger partial charge in [-0.15, -0.1) is 0 Å². The molecule has 2 heterocycles. The third kappa shape index (κ3) is 3.92. The number of nitrogens with one attached hydrogen (secondary N) is 1. The van der Waals surface area contributed by atoms with Gasteiger partial charge in [0.25, 0.3) is 0 Å². The molecule has 28 heavy (non-hydrogen) atoms. The first-order valence-electron chi connectivity index (χ1n) is 10.2. The van der Waals surface area contributed by atoms with Crippen LogP contribution in [0.5, 0.6) is 0 Å². The van der Waals surface area contributed by atoms with E-state index in [4.69, 9.17) is 4.99 Å². The molecule has 0 saturated carbocycles. The van der Waals surface area contributed by atoms with Crippen molar-refractivity contribution in [2.45, 2.75) is 67.7 Å². The Morgan fingerprint density at radius 2 is 1.43 bits per heavy atom. The van der Waals surface area contributed by atoms with Crippen LogP contribution in [0.15, 0.2) is 47.1 Å². The molecule has 3 rings (SSSR count). The van der Waals surface area contributed by atoms with Crippen LogP contribution in [-0.2, 0) is 5.41 Å². The molecule has 0 spiro atoms. The minimum atomic E-state index is 0.0348. The van der Waals surface area contributed by atoms with Crippen molar-refractivity contribution >= 4 is 11.3 Å². The fourth-order valence-electron chi connectivity index (χ4n) is 3.87. The van der Waals surface area contributed by atoms with Crippen LogP contribution in [0.4, 0.5) is 0 Å². The van der Waals surface area contributed by atoms with Crippen molar-refractivity contribution in [1.29, 1.82) is 0 Å². The Balaban J connectivity index is 2.29. The topological polar surface area (TPSA) is 28.1 Å². The van der Waals surface area contributed by atoms with Gasteiger partial charge in [-0.3, -0.25) is 4.99 Å². The molecule has 0 saturated heterocycles. The Morgan fingerprint density at radius 1 is 0.821 bits per heavy atom. The number of aromatic amines is 1. The van der Waals surface area contributed by atoms with Crippen LogP contribution in [-0.4, -0.2) is 10.7 Å². The van der Waals surface area contributed by atoms with E-state index in [-0.39, 0.29) is 10.8 Å². The average Bonchev–Trinajstić information content (AvgIpc) is 3.19. The largest absolute Gasteiger partial charge is 0.358 e. The molecule has 2 heteroatoms. The van der Waals surface area contributed by atoms with Crippen LogP contribution in [0.3, 0.4) is 0 Å². The number of H-pyrrole nitrogens is 1. The lowest BCUT2D eigenvalue weighted by Gasteiger charge is -2.19. The normalized spacial score (nSPS) is 16.5. The highest BCUT2D eigenvalue weighted by atomic mass is 14.8. The average molecular weight is 375 g/mol.